The van der Waals surface area contributed by atoms with Crippen molar-refractivity contribution in [2.75, 3.05) is 50.7 Å². The molecule has 4 aliphatic rings. The first-order valence-electron chi connectivity index (χ1n) is 14.5. The number of aromatic nitrogens is 2. The van der Waals surface area contributed by atoms with Gasteiger partial charge >= 0.3 is 11.8 Å². The monoisotopic (exact) mass is 553 g/mol. The number of nitrogens with one attached hydrogen (secondary N) is 2. The number of rotatable bonds is 6. The number of aryl methyl sites for hydroxylation is 1. The molecule has 3 amide bonds. The van der Waals surface area contributed by atoms with Crippen molar-refractivity contribution in [3.8, 4) is 0 Å². The number of amides is 3. The van der Waals surface area contributed by atoms with Crippen molar-refractivity contribution >= 4 is 34.6 Å². The van der Waals surface area contributed by atoms with Crippen LogP contribution in [-0.2, 0) is 16.6 Å². The van der Waals surface area contributed by atoms with E-state index in [-0.39, 0.29) is 24.1 Å². The Balaban J connectivity index is 1.05. The van der Waals surface area contributed by atoms with Gasteiger partial charge in [0.25, 0.3) is 0 Å². The number of hydrogen-bond donors (Lipinski definition) is 3. The van der Waals surface area contributed by atoms with Crippen LogP contribution in [-0.4, -0.2) is 99.8 Å². The number of carbonyl (C=O) groups excluding carboxylic acids is 2. The fourth-order valence-corrected chi connectivity index (χ4v) is 7.11. The number of hydrogen-bond acceptors (Lipinski definition) is 7. The third kappa shape index (κ3) is 5.10. The van der Waals surface area contributed by atoms with Crippen LogP contribution in [0.4, 0.5) is 10.5 Å². The lowest BCUT2D eigenvalue weighted by molar-refractivity contribution is -0.135. The van der Waals surface area contributed by atoms with Crippen molar-refractivity contribution in [1.29, 1.82) is 0 Å². The number of para-hydroxylation sites is 1. The summed E-state index contributed by atoms with van der Waals surface area (Å²) in [5, 5.41) is 13.9. The minimum absolute atomic E-state index is 0.106. The molecule has 0 spiro atoms. The van der Waals surface area contributed by atoms with Crippen molar-refractivity contribution < 1.29 is 19.5 Å². The molecule has 1 saturated carbocycles. The maximum atomic E-state index is 13.3. The molecule has 4 fully saturated rings. The van der Waals surface area contributed by atoms with E-state index in [0.29, 0.717) is 18.4 Å². The highest BCUT2D eigenvalue weighted by Crippen LogP contribution is 2.33. The summed E-state index contributed by atoms with van der Waals surface area (Å²) in [7, 11) is 1.76. The molecule has 1 aromatic heterocycles. The maximum Gasteiger partial charge on any atom is 0.404 e. The van der Waals surface area contributed by atoms with Crippen molar-refractivity contribution in [2.45, 2.75) is 56.7 Å². The molecule has 1 unspecified atom stereocenters. The first-order chi connectivity index (χ1) is 19.3. The fraction of sp³-hybridized carbons (Fsp3) is 0.643. The van der Waals surface area contributed by atoms with Crippen LogP contribution in [0.1, 0.15) is 44.6 Å². The van der Waals surface area contributed by atoms with E-state index in [9.17, 15) is 19.2 Å². The maximum absolute atomic E-state index is 13.3. The van der Waals surface area contributed by atoms with Gasteiger partial charge in [-0.2, -0.15) is 0 Å². The Kier molecular flexibility index (Phi) is 7.30. The van der Waals surface area contributed by atoms with Crippen LogP contribution in [0.3, 0.4) is 0 Å². The van der Waals surface area contributed by atoms with E-state index in [4.69, 9.17) is 5.11 Å². The zero-order valence-corrected chi connectivity index (χ0v) is 23.1. The van der Waals surface area contributed by atoms with Gasteiger partial charge in [0.15, 0.2) is 0 Å². The Labute approximate surface area is 232 Å². The van der Waals surface area contributed by atoms with Crippen LogP contribution in [0, 0.1) is 5.92 Å². The minimum atomic E-state index is -0.925. The van der Waals surface area contributed by atoms with E-state index in [1.54, 1.807) is 16.2 Å². The summed E-state index contributed by atoms with van der Waals surface area (Å²) in [6, 6.07) is 5.84. The molecule has 1 aromatic carbocycles. The second-order valence-corrected chi connectivity index (χ2v) is 11.9. The highest BCUT2D eigenvalue weighted by Gasteiger charge is 2.36. The van der Waals surface area contributed by atoms with Gasteiger partial charge in [-0.1, -0.05) is 6.07 Å². The van der Waals surface area contributed by atoms with E-state index in [0.717, 1.165) is 88.2 Å². The smallest absolute Gasteiger partial charge is 0.404 e. The van der Waals surface area contributed by atoms with Gasteiger partial charge in [0.05, 0.1) is 16.7 Å². The summed E-state index contributed by atoms with van der Waals surface area (Å²) in [5.74, 6) is -0.0706. The third-order valence-corrected chi connectivity index (χ3v) is 9.44. The molecule has 3 saturated heterocycles. The first-order valence-corrected chi connectivity index (χ1v) is 14.5. The van der Waals surface area contributed by atoms with Crippen LogP contribution in [0.2, 0.25) is 0 Å². The molecule has 6 rings (SSSR count). The number of benzene rings is 1. The lowest BCUT2D eigenvalue weighted by Gasteiger charge is -2.47. The molecule has 40 heavy (non-hydrogen) atoms. The zero-order chi connectivity index (χ0) is 28.0. The number of piperazine rings is 1. The van der Waals surface area contributed by atoms with Crippen molar-refractivity contribution in [3.05, 3.63) is 28.7 Å². The third-order valence-electron chi connectivity index (χ3n) is 9.44. The number of carboxylic acid groups (broad SMARTS) is 1. The molecule has 0 bridgehead atoms. The lowest BCUT2D eigenvalue weighted by Crippen LogP contribution is -2.58. The predicted octanol–water partition coefficient (Wildman–Crippen LogP) is 0.950. The van der Waals surface area contributed by atoms with Gasteiger partial charge in [0.1, 0.15) is 6.04 Å². The fourth-order valence-electron chi connectivity index (χ4n) is 7.11. The number of carbonyl (C=O) groups is 3. The molecular formula is C28H39N7O5. The largest absolute Gasteiger partial charge is 0.465 e. The minimum Gasteiger partial charge on any atom is -0.465 e. The molecule has 1 aliphatic carbocycles. The quantitative estimate of drug-likeness (QED) is 0.451. The highest BCUT2D eigenvalue weighted by atomic mass is 16.4. The topological polar surface area (TPSA) is 132 Å². The van der Waals surface area contributed by atoms with Crippen LogP contribution in [0.25, 0.3) is 11.0 Å². The molecular weight excluding hydrogens is 514 g/mol. The summed E-state index contributed by atoms with van der Waals surface area (Å²) >= 11 is 0. The number of piperidine rings is 2. The Hall–Kier alpha value is -3.38. The number of nitrogens with zero attached hydrogens (tertiary/aromatic N) is 5. The zero-order valence-electron chi connectivity index (χ0n) is 23.1. The predicted molar refractivity (Wildman–Crippen MR) is 150 cm³/mol. The van der Waals surface area contributed by atoms with Crippen LogP contribution in [0.5, 0.6) is 0 Å². The molecule has 12 nitrogen and oxygen atoms in total. The standard InChI is InChI=1S/C28H39N7O5/c1-31-25-21(3-2-4-22(25)35(28(31)40)23-5-6-24(36)30-26(23)37)34-9-7-18(8-10-34)17-32-11-13-33(14-12-32)20-15-19(16-20)29-27(38)39/h2-4,18-20,23,29H,5-17H2,1H3,(H,38,39)(H,30,36,37). The van der Waals surface area contributed by atoms with Crippen LogP contribution < -0.4 is 21.2 Å². The molecule has 3 aliphatic heterocycles. The van der Waals surface area contributed by atoms with Gasteiger partial charge in [-0.3, -0.25) is 28.9 Å². The molecule has 2 aromatic rings. The van der Waals surface area contributed by atoms with Gasteiger partial charge in [0.2, 0.25) is 11.8 Å². The summed E-state index contributed by atoms with van der Waals surface area (Å²) < 4.78 is 3.20. The molecule has 0 radical (unpaired) electrons. The van der Waals surface area contributed by atoms with Gasteiger partial charge in [-0.05, 0) is 50.2 Å². The molecule has 216 valence electrons. The van der Waals surface area contributed by atoms with Gasteiger partial charge in [0, 0.05) is 71.4 Å². The van der Waals surface area contributed by atoms with Crippen LogP contribution in [0.15, 0.2) is 23.0 Å². The average Bonchev–Trinajstić information content (AvgIpc) is 3.17. The van der Waals surface area contributed by atoms with Crippen molar-refractivity contribution in [2.24, 2.45) is 13.0 Å². The Morgan fingerprint density at radius 3 is 2.42 bits per heavy atom. The Bertz CT molecular complexity index is 1350. The Morgan fingerprint density at radius 2 is 1.75 bits per heavy atom. The van der Waals surface area contributed by atoms with Crippen molar-refractivity contribution in [1.82, 2.24) is 29.6 Å². The van der Waals surface area contributed by atoms with Gasteiger partial charge in [-0.25, -0.2) is 9.59 Å². The SMILES string of the molecule is Cn1c(=O)n(C2CCC(=O)NC2=O)c2cccc(N3CCC(CN4CCN(C5CC(NC(=O)O)C5)CC4)CC3)c21. The summed E-state index contributed by atoms with van der Waals surface area (Å²) in [6.07, 6.45) is 3.64. The summed E-state index contributed by atoms with van der Waals surface area (Å²) in [4.78, 5) is 55.8. The van der Waals surface area contributed by atoms with E-state index in [1.807, 2.05) is 12.1 Å². The Morgan fingerprint density at radius 1 is 1.02 bits per heavy atom. The van der Waals surface area contributed by atoms with Crippen molar-refractivity contribution in [3.63, 3.8) is 0 Å². The van der Waals surface area contributed by atoms with E-state index in [2.05, 4.69) is 31.4 Å². The second-order valence-electron chi connectivity index (χ2n) is 11.9. The van der Waals surface area contributed by atoms with Gasteiger partial charge < -0.3 is 20.2 Å². The summed E-state index contributed by atoms with van der Waals surface area (Å²) in [5.41, 5.74) is 2.35. The highest BCUT2D eigenvalue weighted by molar-refractivity contribution is 6.00. The second kappa shape index (κ2) is 10.9. The summed E-state index contributed by atoms with van der Waals surface area (Å²) in [6.45, 7) is 7.15. The average molecular weight is 554 g/mol. The molecule has 12 heteroatoms. The normalized spacial score (nSPS) is 27.0. The molecule has 1 atom stereocenters. The first kappa shape index (κ1) is 26.8. The van der Waals surface area contributed by atoms with E-state index >= 15 is 0 Å². The van der Waals surface area contributed by atoms with Gasteiger partial charge in [-0.15, -0.1) is 0 Å². The number of fused-ring (bicyclic) bond motifs is 1. The number of imide groups is 1. The van der Waals surface area contributed by atoms with Crippen LogP contribution >= 0.6 is 0 Å². The number of imidazole rings is 1. The van der Waals surface area contributed by atoms with E-state index < -0.39 is 18.0 Å². The number of anilines is 1. The molecule has 3 N–H and O–H groups in total. The molecule has 4 heterocycles. The van der Waals surface area contributed by atoms with E-state index in [1.165, 1.54) is 0 Å². The lowest BCUT2D eigenvalue weighted by atomic mass is 9.85.